The van der Waals surface area contributed by atoms with E-state index in [4.69, 9.17) is 5.11 Å². The van der Waals surface area contributed by atoms with Crippen LogP contribution in [-0.2, 0) is 0 Å². The minimum Gasteiger partial charge on any atom is -0.395 e. The molecule has 0 saturated carbocycles. The molecule has 1 aliphatic rings. The molecule has 0 amide bonds. The van der Waals surface area contributed by atoms with Gasteiger partial charge in [-0.25, -0.2) is 0 Å². The van der Waals surface area contributed by atoms with E-state index in [2.05, 4.69) is 10.3 Å². The second kappa shape index (κ2) is 3.74. The third kappa shape index (κ3) is 2.24. The number of aliphatic imine (C=N–C) groups is 1. The first-order chi connectivity index (χ1) is 4.43. The Balaban J connectivity index is 2.11. The largest absolute Gasteiger partial charge is 0.395 e. The van der Waals surface area contributed by atoms with Gasteiger partial charge in [0.05, 0.1) is 13.2 Å². The fraction of sp³-hybridized carbons (Fsp3) is 0.800. The number of hydrogen-bond acceptors (Lipinski definition) is 4. The minimum absolute atomic E-state index is 0.180. The number of thioether (sulfide) groups is 1. The summed E-state index contributed by atoms with van der Waals surface area (Å²) >= 11 is 1.71. The Hall–Kier alpha value is -0.220. The number of hydrogen-bond donors (Lipinski definition) is 2. The molecule has 0 aromatic carbocycles. The molecule has 4 heteroatoms. The number of nitrogens with one attached hydrogen (secondary N) is 1. The van der Waals surface area contributed by atoms with Crippen LogP contribution in [0.3, 0.4) is 0 Å². The van der Waals surface area contributed by atoms with E-state index in [0.717, 1.165) is 17.5 Å². The fourth-order valence-corrected chi connectivity index (χ4v) is 1.37. The van der Waals surface area contributed by atoms with Gasteiger partial charge in [-0.2, -0.15) is 0 Å². The molecule has 1 aliphatic heterocycles. The van der Waals surface area contributed by atoms with Gasteiger partial charge in [-0.15, -0.1) is 0 Å². The molecule has 9 heavy (non-hydrogen) atoms. The van der Waals surface area contributed by atoms with Gasteiger partial charge in [0.25, 0.3) is 0 Å². The molecular weight excluding hydrogens is 136 g/mol. The minimum atomic E-state index is 0.180. The number of amidine groups is 1. The second-order valence-electron chi connectivity index (χ2n) is 1.69. The van der Waals surface area contributed by atoms with E-state index < -0.39 is 0 Å². The molecule has 0 bridgehead atoms. The summed E-state index contributed by atoms with van der Waals surface area (Å²) in [5, 5.41) is 12.4. The zero-order valence-electron chi connectivity index (χ0n) is 5.13. The van der Waals surface area contributed by atoms with Crippen molar-refractivity contribution in [1.29, 1.82) is 0 Å². The third-order valence-electron chi connectivity index (χ3n) is 0.974. The van der Waals surface area contributed by atoms with Crippen molar-refractivity contribution in [3.05, 3.63) is 0 Å². The maximum Gasteiger partial charge on any atom is 0.156 e. The first-order valence-electron chi connectivity index (χ1n) is 2.95. The maximum absolute atomic E-state index is 8.40. The van der Waals surface area contributed by atoms with Crippen LogP contribution in [0.1, 0.15) is 0 Å². The average Bonchev–Trinajstić information content (AvgIpc) is 2.34. The van der Waals surface area contributed by atoms with E-state index in [1.807, 2.05) is 0 Å². The summed E-state index contributed by atoms with van der Waals surface area (Å²) in [5.74, 6) is 1.08. The molecule has 0 spiro atoms. The molecule has 0 saturated heterocycles. The first-order valence-corrected chi connectivity index (χ1v) is 3.94. The highest BCUT2D eigenvalue weighted by molar-refractivity contribution is 8.14. The van der Waals surface area contributed by atoms with Crippen molar-refractivity contribution in [2.45, 2.75) is 0 Å². The summed E-state index contributed by atoms with van der Waals surface area (Å²) in [5.41, 5.74) is 0. The van der Waals surface area contributed by atoms with E-state index >= 15 is 0 Å². The van der Waals surface area contributed by atoms with Crippen LogP contribution in [0, 0.1) is 0 Å². The molecule has 2 N–H and O–H groups in total. The Bertz CT molecular complexity index is 116. The Morgan fingerprint density at radius 1 is 1.78 bits per heavy atom. The van der Waals surface area contributed by atoms with Crippen LogP contribution in [0.2, 0.25) is 0 Å². The number of aliphatic hydroxyl groups is 1. The molecule has 0 aromatic heterocycles. The third-order valence-corrected chi connectivity index (χ3v) is 1.91. The van der Waals surface area contributed by atoms with E-state index in [9.17, 15) is 0 Å². The van der Waals surface area contributed by atoms with Crippen LogP contribution >= 0.6 is 11.8 Å². The lowest BCUT2D eigenvalue weighted by Gasteiger charge is -1.99. The van der Waals surface area contributed by atoms with Gasteiger partial charge >= 0.3 is 0 Å². The number of nitrogens with zero attached hydrogens (tertiary/aromatic N) is 1. The van der Waals surface area contributed by atoms with Crippen molar-refractivity contribution >= 4 is 16.9 Å². The van der Waals surface area contributed by atoms with E-state index in [1.54, 1.807) is 11.8 Å². The Kier molecular flexibility index (Phi) is 2.86. The summed E-state index contributed by atoms with van der Waals surface area (Å²) < 4.78 is 0. The molecule has 0 aliphatic carbocycles. The molecular formula is C5H10N2OS. The highest BCUT2D eigenvalue weighted by Gasteiger charge is 2.03. The van der Waals surface area contributed by atoms with Gasteiger partial charge in [-0.05, 0) is 0 Å². The van der Waals surface area contributed by atoms with E-state index in [-0.39, 0.29) is 6.61 Å². The van der Waals surface area contributed by atoms with Gasteiger partial charge in [-0.3, -0.25) is 4.99 Å². The lowest BCUT2D eigenvalue weighted by Crippen LogP contribution is -2.22. The smallest absolute Gasteiger partial charge is 0.156 e. The van der Waals surface area contributed by atoms with Gasteiger partial charge in [-0.1, -0.05) is 11.8 Å². The fourth-order valence-electron chi connectivity index (χ4n) is 0.605. The van der Waals surface area contributed by atoms with Crippen LogP contribution in [-0.4, -0.2) is 35.7 Å². The van der Waals surface area contributed by atoms with E-state index in [1.165, 1.54) is 0 Å². The molecule has 52 valence electrons. The van der Waals surface area contributed by atoms with Gasteiger partial charge in [0, 0.05) is 12.3 Å². The molecule has 1 rings (SSSR count). The van der Waals surface area contributed by atoms with Crippen molar-refractivity contribution in [3.63, 3.8) is 0 Å². The summed E-state index contributed by atoms with van der Waals surface area (Å²) in [6.45, 7) is 1.71. The van der Waals surface area contributed by atoms with Crippen LogP contribution in [0.4, 0.5) is 0 Å². The number of rotatable bonds is 2. The predicted octanol–water partition coefficient (Wildman–Crippen LogP) is -0.329. The standard InChI is InChI=1S/C5H10N2OS/c8-3-1-6-5-7-2-4-9-5/h8H,1-4H2,(H,6,7). The zero-order chi connectivity index (χ0) is 6.53. The summed E-state index contributed by atoms with van der Waals surface area (Å²) in [4.78, 5) is 4.13. The van der Waals surface area contributed by atoms with Gasteiger partial charge in [0.2, 0.25) is 0 Å². The lowest BCUT2D eigenvalue weighted by atomic mass is 10.7. The molecule has 0 unspecified atom stereocenters. The Labute approximate surface area is 58.6 Å². The SMILES string of the molecule is OCCNC1=NCCS1. The normalized spacial score (nSPS) is 17.7. The molecule has 0 atom stereocenters. The van der Waals surface area contributed by atoms with Gasteiger partial charge in [0.1, 0.15) is 0 Å². The van der Waals surface area contributed by atoms with Crippen molar-refractivity contribution in [2.24, 2.45) is 4.99 Å². The van der Waals surface area contributed by atoms with Crippen molar-refractivity contribution in [1.82, 2.24) is 5.32 Å². The molecule has 0 aromatic rings. The molecule has 0 fully saturated rings. The van der Waals surface area contributed by atoms with E-state index in [0.29, 0.717) is 6.54 Å². The lowest BCUT2D eigenvalue weighted by molar-refractivity contribution is 0.301. The van der Waals surface area contributed by atoms with Crippen LogP contribution in [0.25, 0.3) is 0 Å². The summed E-state index contributed by atoms with van der Waals surface area (Å²) in [6.07, 6.45) is 0. The summed E-state index contributed by atoms with van der Waals surface area (Å²) in [6, 6.07) is 0. The van der Waals surface area contributed by atoms with Gasteiger partial charge < -0.3 is 10.4 Å². The summed E-state index contributed by atoms with van der Waals surface area (Å²) in [7, 11) is 0. The number of aliphatic hydroxyl groups excluding tert-OH is 1. The quantitative estimate of drug-likeness (QED) is 0.561. The highest BCUT2D eigenvalue weighted by atomic mass is 32.2. The monoisotopic (exact) mass is 146 g/mol. The molecule has 1 heterocycles. The molecule has 3 nitrogen and oxygen atoms in total. The van der Waals surface area contributed by atoms with Crippen molar-refractivity contribution < 1.29 is 5.11 Å². The Morgan fingerprint density at radius 3 is 3.22 bits per heavy atom. The van der Waals surface area contributed by atoms with Crippen molar-refractivity contribution in [2.75, 3.05) is 25.4 Å². The van der Waals surface area contributed by atoms with Crippen LogP contribution < -0.4 is 5.32 Å². The van der Waals surface area contributed by atoms with Crippen molar-refractivity contribution in [3.8, 4) is 0 Å². The predicted molar refractivity (Wildman–Crippen MR) is 39.8 cm³/mol. The first kappa shape index (κ1) is 6.89. The van der Waals surface area contributed by atoms with Gasteiger partial charge in [0.15, 0.2) is 5.17 Å². The Morgan fingerprint density at radius 2 is 2.67 bits per heavy atom. The van der Waals surface area contributed by atoms with Crippen LogP contribution in [0.15, 0.2) is 4.99 Å². The highest BCUT2D eigenvalue weighted by Crippen LogP contribution is 2.07. The van der Waals surface area contributed by atoms with Crippen LogP contribution in [0.5, 0.6) is 0 Å². The molecule has 0 radical (unpaired) electrons. The second-order valence-corrected chi connectivity index (χ2v) is 2.77. The maximum atomic E-state index is 8.40. The zero-order valence-corrected chi connectivity index (χ0v) is 5.95. The average molecular weight is 146 g/mol. The topological polar surface area (TPSA) is 44.6 Å².